The van der Waals surface area contributed by atoms with Crippen LogP contribution in [0.5, 0.6) is 0 Å². The molecule has 10 atom stereocenters. The van der Waals surface area contributed by atoms with Gasteiger partial charge in [-0.25, -0.2) is 0 Å². The predicted molar refractivity (Wildman–Crippen MR) is 109 cm³/mol. The molecule has 4 aliphatic carbocycles. The van der Waals surface area contributed by atoms with Crippen molar-refractivity contribution < 1.29 is 24.9 Å². The van der Waals surface area contributed by atoms with E-state index in [1.54, 1.807) is 0 Å². The Bertz CT molecular complexity index is 676. The van der Waals surface area contributed by atoms with Crippen LogP contribution < -0.4 is 0 Å². The average Bonchev–Trinajstić information content (AvgIpc) is 3.01. The lowest BCUT2D eigenvalue weighted by Crippen LogP contribution is -2.61. The van der Waals surface area contributed by atoms with Gasteiger partial charge in [-0.1, -0.05) is 20.8 Å². The Morgan fingerprint density at radius 2 is 1.86 bits per heavy atom. The standard InChI is InChI=1S/C24H38O5/c1-13(4-7-21(28)29)16-5-6-17-22-18(12-20(27)24(16,17)3)23(2)9-8-15(25)10-14(23)11-19(22)26/h13-18,20,22,25,27H,4-12H2,1-3H3,(H,28,29)/t13-,14?,15?,16?,17+,18+,20?,22+,23+,24-/m1/s1. The Morgan fingerprint density at radius 1 is 1.14 bits per heavy atom. The summed E-state index contributed by atoms with van der Waals surface area (Å²) >= 11 is 0. The number of aliphatic hydroxyl groups is 2. The van der Waals surface area contributed by atoms with Crippen LogP contribution in [-0.4, -0.2) is 39.3 Å². The van der Waals surface area contributed by atoms with Gasteiger partial charge < -0.3 is 15.3 Å². The molecule has 0 saturated heterocycles. The highest BCUT2D eigenvalue weighted by Crippen LogP contribution is 2.67. The lowest BCUT2D eigenvalue weighted by atomic mass is 9.43. The molecule has 0 spiro atoms. The van der Waals surface area contributed by atoms with E-state index in [0.29, 0.717) is 25.0 Å². The molecule has 0 radical (unpaired) electrons. The molecule has 0 aromatic rings. The van der Waals surface area contributed by atoms with E-state index in [2.05, 4.69) is 20.8 Å². The van der Waals surface area contributed by atoms with Crippen LogP contribution in [0.4, 0.5) is 0 Å². The van der Waals surface area contributed by atoms with Crippen LogP contribution in [0, 0.1) is 46.3 Å². The quantitative estimate of drug-likeness (QED) is 0.662. The highest BCUT2D eigenvalue weighted by atomic mass is 16.4. The molecule has 164 valence electrons. The molecule has 3 N–H and O–H groups in total. The Hall–Kier alpha value is -0.940. The second-order valence-electron chi connectivity index (χ2n) is 11.3. The topological polar surface area (TPSA) is 94.8 Å². The largest absolute Gasteiger partial charge is 0.481 e. The molecule has 0 aromatic heterocycles. The molecule has 4 rings (SSSR count). The highest BCUT2D eigenvalue weighted by molar-refractivity contribution is 5.83. The molecule has 4 aliphatic rings. The minimum absolute atomic E-state index is 0.0246. The summed E-state index contributed by atoms with van der Waals surface area (Å²) in [7, 11) is 0. The molecule has 0 amide bonds. The molecule has 0 aromatic carbocycles. The van der Waals surface area contributed by atoms with Crippen LogP contribution in [0.15, 0.2) is 0 Å². The molecule has 0 aliphatic heterocycles. The third-order valence-electron chi connectivity index (χ3n) is 10.1. The first-order chi connectivity index (χ1) is 13.6. The summed E-state index contributed by atoms with van der Waals surface area (Å²) in [6.07, 6.45) is 5.74. The maximum absolute atomic E-state index is 13.4. The fraction of sp³-hybridized carbons (Fsp3) is 0.917. The summed E-state index contributed by atoms with van der Waals surface area (Å²) in [6.45, 7) is 6.62. The van der Waals surface area contributed by atoms with Crippen LogP contribution in [0.3, 0.4) is 0 Å². The van der Waals surface area contributed by atoms with Gasteiger partial charge in [-0.3, -0.25) is 9.59 Å². The van der Waals surface area contributed by atoms with Gasteiger partial charge in [0.2, 0.25) is 0 Å². The Kier molecular flexibility index (Phi) is 5.39. The van der Waals surface area contributed by atoms with Crippen molar-refractivity contribution in [1.82, 2.24) is 0 Å². The molecule has 5 heteroatoms. The molecule has 0 bridgehead atoms. The Balaban J connectivity index is 1.62. The first-order valence-corrected chi connectivity index (χ1v) is 11.7. The number of carbonyl (C=O) groups is 2. The number of carboxylic acid groups (broad SMARTS) is 1. The SMILES string of the molecule is C[C@H](CCC(=O)O)C1CC[C@H]2[C@@H]3C(=O)CC4CC(O)CC[C@]4(C)[C@H]3CC(O)[C@]12C. The fourth-order valence-electron chi connectivity index (χ4n) is 8.40. The van der Waals surface area contributed by atoms with Crippen molar-refractivity contribution >= 4 is 11.8 Å². The van der Waals surface area contributed by atoms with Crippen molar-refractivity contribution in [2.45, 2.75) is 90.8 Å². The highest BCUT2D eigenvalue weighted by Gasteiger charge is 2.65. The van der Waals surface area contributed by atoms with E-state index in [1.807, 2.05) is 0 Å². The number of carboxylic acids is 1. The molecule has 29 heavy (non-hydrogen) atoms. The van der Waals surface area contributed by atoms with Crippen LogP contribution in [0.2, 0.25) is 0 Å². The smallest absolute Gasteiger partial charge is 0.303 e. The normalized spacial score (nSPS) is 50.4. The van der Waals surface area contributed by atoms with E-state index in [0.717, 1.165) is 32.1 Å². The van der Waals surface area contributed by atoms with E-state index in [9.17, 15) is 19.8 Å². The maximum atomic E-state index is 13.4. The van der Waals surface area contributed by atoms with Crippen LogP contribution in [-0.2, 0) is 9.59 Å². The summed E-state index contributed by atoms with van der Waals surface area (Å²) < 4.78 is 0. The Labute approximate surface area is 174 Å². The zero-order valence-corrected chi connectivity index (χ0v) is 18.1. The van der Waals surface area contributed by atoms with E-state index in [4.69, 9.17) is 5.11 Å². The van der Waals surface area contributed by atoms with E-state index < -0.39 is 12.1 Å². The van der Waals surface area contributed by atoms with Gasteiger partial charge in [0.1, 0.15) is 5.78 Å². The van der Waals surface area contributed by atoms with Crippen molar-refractivity contribution in [3.05, 3.63) is 0 Å². The van der Waals surface area contributed by atoms with Crippen LogP contribution >= 0.6 is 0 Å². The second kappa shape index (κ2) is 7.33. The van der Waals surface area contributed by atoms with E-state index in [-0.39, 0.29) is 58.9 Å². The molecule has 5 nitrogen and oxygen atoms in total. The number of aliphatic hydroxyl groups excluding tert-OH is 2. The lowest BCUT2D eigenvalue weighted by molar-refractivity contribution is -0.182. The van der Waals surface area contributed by atoms with Gasteiger partial charge in [0, 0.05) is 24.2 Å². The van der Waals surface area contributed by atoms with Gasteiger partial charge >= 0.3 is 5.97 Å². The predicted octanol–water partition coefficient (Wildman–Crippen LogP) is 3.66. The van der Waals surface area contributed by atoms with Crippen molar-refractivity contribution in [1.29, 1.82) is 0 Å². The number of hydrogen-bond donors (Lipinski definition) is 3. The molecule has 0 heterocycles. The minimum atomic E-state index is -0.762. The zero-order valence-electron chi connectivity index (χ0n) is 18.1. The van der Waals surface area contributed by atoms with Crippen molar-refractivity contribution in [2.75, 3.05) is 0 Å². The molecule has 4 fully saturated rings. The van der Waals surface area contributed by atoms with Crippen molar-refractivity contribution in [3.8, 4) is 0 Å². The van der Waals surface area contributed by atoms with Crippen molar-refractivity contribution in [2.24, 2.45) is 46.3 Å². The zero-order chi connectivity index (χ0) is 21.1. The number of aliphatic carboxylic acids is 1. The van der Waals surface area contributed by atoms with Gasteiger partial charge in [0.05, 0.1) is 12.2 Å². The number of carbonyl (C=O) groups excluding carboxylic acids is 1. The average molecular weight is 407 g/mol. The number of Topliss-reactive ketones (excluding diaryl/α,β-unsaturated/α-hetero) is 1. The van der Waals surface area contributed by atoms with Crippen LogP contribution in [0.1, 0.15) is 78.6 Å². The summed E-state index contributed by atoms with van der Waals surface area (Å²) in [6, 6.07) is 0. The van der Waals surface area contributed by atoms with Gasteiger partial charge in [-0.05, 0) is 80.0 Å². The van der Waals surface area contributed by atoms with Gasteiger partial charge in [0.15, 0.2) is 0 Å². The Morgan fingerprint density at radius 3 is 2.55 bits per heavy atom. The monoisotopic (exact) mass is 406 g/mol. The molecular formula is C24H38O5. The third-order valence-corrected chi connectivity index (χ3v) is 10.1. The van der Waals surface area contributed by atoms with Gasteiger partial charge in [-0.15, -0.1) is 0 Å². The summed E-state index contributed by atoms with van der Waals surface area (Å²) in [5.41, 5.74) is -0.265. The molecule has 4 saturated carbocycles. The number of fused-ring (bicyclic) bond motifs is 5. The fourth-order valence-corrected chi connectivity index (χ4v) is 8.40. The molecule has 4 unspecified atom stereocenters. The lowest BCUT2D eigenvalue weighted by Gasteiger charge is -2.61. The van der Waals surface area contributed by atoms with E-state index >= 15 is 0 Å². The van der Waals surface area contributed by atoms with E-state index in [1.165, 1.54) is 0 Å². The first kappa shape index (κ1) is 21.3. The summed E-state index contributed by atoms with van der Waals surface area (Å²) in [5, 5.41) is 30.7. The number of hydrogen-bond acceptors (Lipinski definition) is 4. The maximum Gasteiger partial charge on any atom is 0.303 e. The second-order valence-corrected chi connectivity index (χ2v) is 11.3. The van der Waals surface area contributed by atoms with Crippen molar-refractivity contribution in [3.63, 3.8) is 0 Å². The van der Waals surface area contributed by atoms with Gasteiger partial charge in [0.25, 0.3) is 0 Å². The molecular weight excluding hydrogens is 368 g/mol. The van der Waals surface area contributed by atoms with Gasteiger partial charge in [-0.2, -0.15) is 0 Å². The summed E-state index contributed by atoms with van der Waals surface area (Å²) in [5.74, 6) is 0.775. The minimum Gasteiger partial charge on any atom is -0.481 e. The summed E-state index contributed by atoms with van der Waals surface area (Å²) in [4.78, 5) is 24.4. The van der Waals surface area contributed by atoms with Crippen LogP contribution in [0.25, 0.3) is 0 Å². The first-order valence-electron chi connectivity index (χ1n) is 11.7. The number of rotatable bonds is 4. The third kappa shape index (κ3) is 3.18. The number of ketones is 1.